The molecule has 9 heteroatoms. The van der Waals surface area contributed by atoms with E-state index in [0.29, 0.717) is 41.0 Å². The van der Waals surface area contributed by atoms with Gasteiger partial charge in [0.25, 0.3) is 0 Å². The minimum absolute atomic E-state index is 0.140. The lowest BCUT2D eigenvalue weighted by atomic mass is 9.84. The number of anilines is 1. The molecule has 0 aliphatic heterocycles. The topological polar surface area (TPSA) is 97.5 Å². The van der Waals surface area contributed by atoms with Crippen molar-refractivity contribution in [2.75, 3.05) is 12.4 Å². The van der Waals surface area contributed by atoms with Crippen molar-refractivity contribution in [2.24, 2.45) is 0 Å². The predicted octanol–water partition coefficient (Wildman–Crippen LogP) is 3.59. The standard InChI is InChI=1S/C22H23FN6O2/c1-22(30)7-5-14(6-8-22)26-21-27-20(31-2)19-18(15(23)12-29(19)28-21)13-3-4-16-17(11-13)25-10-9-24-16/h3-4,9-12,14,30H,5-8H2,1-2H3,(H,26,28)/t14-,22+. The quantitative estimate of drug-likeness (QED) is 0.519. The molecule has 0 saturated heterocycles. The zero-order valence-corrected chi connectivity index (χ0v) is 17.3. The second-order valence-corrected chi connectivity index (χ2v) is 8.27. The van der Waals surface area contributed by atoms with Gasteiger partial charge in [-0.15, -0.1) is 5.10 Å². The maximum absolute atomic E-state index is 15.1. The Kier molecular flexibility index (Phi) is 4.70. The molecule has 3 heterocycles. The molecule has 160 valence electrons. The van der Waals surface area contributed by atoms with Crippen molar-refractivity contribution >= 4 is 22.5 Å². The van der Waals surface area contributed by atoms with E-state index in [1.54, 1.807) is 24.5 Å². The Hall–Kier alpha value is -3.33. The summed E-state index contributed by atoms with van der Waals surface area (Å²) in [6.07, 6.45) is 7.57. The third-order valence-electron chi connectivity index (χ3n) is 5.90. The van der Waals surface area contributed by atoms with Crippen molar-refractivity contribution in [3.63, 3.8) is 0 Å². The van der Waals surface area contributed by atoms with E-state index >= 15 is 4.39 Å². The lowest BCUT2D eigenvalue weighted by molar-refractivity contribution is 0.0195. The highest BCUT2D eigenvalue weighted by atomic mass is 19.1. The maximum Gasteiger partial charge on any atom is 0.244 e. The van der Waals surface area contributed by atoms with E-state index in [1.165, 1.54) is 17.8 Å². The molecule has 3 aromatic heterocycles. The Bertz CT molecular complexity index is 1260. The zero-order valence-electron chi connectivity index (χ0n) is 17.3. The van der Waals surface area contributed by atoms with Crippen LogP contribution in [0.1, 0.15) is 32.6 Å². The van der Waals surface area contributed by atoms with Crippen LogP contribution in [0, 0.1) is 5.82 Å². The lowest BCUT2D eigenvalue weighted by Crippen LogP contribution is -2.36. The normalized spacial score (nSPS) is 21.5. The monoisotopic (exact) mass is 422 g/mol. The van der Waals surface area contributed by atoms with Crippen LogP contribution in [-0.2, 0) is 0 Å². The van der Waals surface area contributed by atoms with E-state index in [1.807, 2.05) is 13.0 Å². The van der Waals surface area contributed by atoms with Crippen molar-refractivity contribution in [3.8, 4) is 17.0 Å². The van der Waals surface area contributed by atoms with Crippen molar-refractivity contribution in [2.45, 2.75) is 44.2 Å². The molecule has 1 saturated carbocycles. The lowest BCUT2D eigenvalue weighted by Gasteiger charge is -2.33. The number of halogens is 1. The number of ether oxygens (including phenoxy) is 1. The van der Waals surface area contributed by atoms with Gasteiger partial charge in [0.15, 0.2) is 5.82 Å². The number of methoxy groups -OCH3 is 1. The third-order valence-corrected chi connectivity index (χ3v) is 5.90. The van der Waals surface area contributed by atoms with Crippen molar-refractivity contribution in [1.82, 2.24) is 24.6 Å². The fourth-order valence-corrected chi connectivity index (χ4v) is 4.18. The molecule has 0 unspecified atom stereocenters. The van der Waals surface area contributed by atoms with E-state index < -0.39 is 11.4 Å². The summed E-state index contributed by atoms with van der Waals surface area (Å²) in [4.78, 5) is 13.1. The van der Waals surface area contributed by atoms with Crippen molar-refractivity contribution in [3.05, 3.63) is 42.6 Å². The molecule has 0 atom stereocenters. The number of hydrogen-bond donors (Lipinski definition) is 2. The first-order valence-corrected chi connectivity index (χ1v) is 10.3. The summed E-state index contributed by atoms with van der Waals surface area (Å²) in [5, 5.41) is 17.9. The van der Waals surface area contributed by atoms with E-state index in [2.05, 4.69) is 25.4 Å². The predicted molar refractivity (Wildman–Crippen MR) is 115 cm³/mol. The van der Waals surface area contributed by atoms with Gasteiger partial charge in [-0.2, -0.15) is 4.98 Å². The summed E-state index contributed by atoms with van der Waals surface area (Å²) in [7, 11) is 1.50. The summed E-state index contributed by atoms with van der Waals surface area (Å²) >= 11 is 0. The molecule has 0 amide bonds. The minimum atomic E-state index is -0.622. The van der Waals surface area contributed by atoms with E-state index in [0.717, 1.165) is 18.4 Å². The largest absolute Gasteiger partial charge is 0.479 e. The van der Waals surface area contributed by atoms with Crippen molar-refractivity contribution < 1.29 is 14.2 Å². The van der Waals surface area contributed by atoms with Crippen LogP contribution in [0.4, 0.5) is 10.3 Å². The van der Waals surface area contributed by atoms with Gasteiger partial charge >= 0.3 is 0 Å². The molecular formula is C22H23FN6O2. The summed E-state index contributed by atoms with van der Waals surface area (Å²) < 4.78 is 22.0. The molecule has 1 aromatic carbocycles. The van der Waals surface area contributed by atoms with Crippen LogP contribution in [0.15, 0.2) is 36.8 Å². The molecule has 31 heavy (non-hydrogen) atoms. The number of fused-ring (bicyclic) bond motifs is 2. The highest BCUT2D eigenvalue weighted by Gasteiger charge is 2.29. The SMILES string of the molecule is COc1nc(N[C@H]2CC[C@@](C)(O)CC2)nn2cc(F)c(-c3ccc4nccnc4c3)c12. The van der Waals surface area contributed by atoms with Crippen LogP contribution >= 0.6 is 0 Å². The number of benzene rings is 1. The van der Waals surface area contributed by atoms with Crippen LogP contribution in [0.3, 0.4) is 0 Å². The summed E-state index contributed by atoms with van der Waals surface area (Å²) in [5.74, 6) is 0.210. The van der Waals surface area contributed by atoms with Crippen LogP contribution in [0.5, 0.6) is 5.88 Å². The number of nitrogens with one attached hydrogen (secondary N) is 1. The first-order chi connectivity index (χ1) is 14.9. The van der Waals surface area contributed by atoms with E-state index in [4.69, 9.17) is 4.74 Å². The van der Waals surface area contributed by atoms with Gasteiger partial charge in [0.2, 0.25) is 11.8 Å². The van der Waals surface area contributed by atoms with Crippen LogP contribution in [0.25, 0.3) is 27.7 Å². The highest BCUT2D eigenvalue weighted by Crippen LogP contribution is 2.35. The van der Waals surface area contributed by atoms with Gasteiger partial charge in [-0.3, -0.25) is 9.97 Å². The Morgan fingerprint density at radius 2 is 1.94 bits per heavy atom. The van der Waals surface area contributed by atoms with Crippen LogP contribution in [0.2, 0.25) is 0 Å². The van der Waals surface area contributed by atoms with Gasteiger partial charge in [0.05, 0.1) is 35.5 Å². The summed E-state index contributed by atoms with van der Waals surface area (Å²) in [6, 6.07) is 5.54. The van der Waals surface area contributed by atoms with Gasteiger partial charge in [-0.1, -0.05) is 6.07 Å². The fraction of sp³-hybridized carbons (Fsp3) is 0.364. The second kappa shape index (κ2) is 7.42. The Morgan fingerprint density at radius 3 is 2.68 bits per heavy atom. The number of hydrogen-bond acceptors (Lipinski definition) is 7. The van der Waals surface area contributed by atoms with Crippen LogP contribution in [-0.4, -0.2) is 48.4 Å². The summed E-state index contributed by atoms with van der Waals surface area (Å²) in [6.45, 7) is 1.86. The van der Waals surface area contributed by atoms with Gasteiger partial charge < -0.3 is 15.2 Å². The number of rotatable bonds is 4. The maximum atomic E-state index is 15.1. The minimum Gasteiger partial charge on any atom is -0.479 e. The smallest absolute Gasteiger partial charge is 0.244 e. The first kappa shape index (κ1) is 19.6. The molecule has 0 radical (unpaired) electrons. The fourth-order valence-electron chi connectivity index (χ4n) is 4.18. The number of nitrogens with zero attached hydrogens (tertiary/aromatic N) is 5. The second-order valence-electron chi connectivity index (χ2n) is 8.27. The van der Waals surface area contributed by atoms with Gasteiger partial charge in [0, 0.05) is 18.4 Å². The number of aromatic nitrogens is 5. The van der Waals surface area contributed by atoms with Crippen molar-refractivity contribution in [1.29, 1.82) is 0 Å². The molecule has 5 rings (SSSR count). The van der Waals surface area contributed by atoms with Gasteiger partial charge in [-0.25, -0.2) is 8.91 Å². The Balaban J connectivity index is 1.54. The summed E-state index contributed by atoms with van der Waals surface area (Å²) in [5.41, 5.74) is 2.22. The van der Waals surface area contributed by atoms with E-state index in [-0.39, 0.29) is 11.9 Å². The first-order valence-electron chi connectivity index (χ1n) is 10.3. The Morgan fingerprint density at radius 1 is 1.19 bits per heavy atom. The average Bonchev–Trinajstić information content (AvgIpc) is 3.10. The molecule has 0 spiro atoms. The molecule has 1 aliphatic carbocycles. The zero-order chi connectivity index (χ0) is 21.6. The molecule has 1 fully saturated rings. The third kappa shape index (κ3) is 3.65. The van der Waals surface area contributed by atoms with Crippen LogP contribution < -0.4 is 10.1 Å². The number of aliphatic hydroxyl groups is 1. The molecule has 4 aromatic rings. The van der Waals surface area contributed by atoms with Gasteiger partial charge in [0.1, 0.15) is 5.52 Å². The highest BCUT2D eigenvalue weighted by molar-refractivity contribution is 5.89. The Labute approximate surface area is 178 Å². The average molecular weight is 422 g/mol. The molecule has 8 nitrogen and oxygen atoms in total. The van der Waals surface area contributed by atoms with E-state index in [9.17, 15) is 5.11 Å². The van der Waals surface area contributed by atoms with Gasteiger partial charge in [-0.05, 0) is 50.3 Å². The molecule has 2 N–H and O–H groups in total. The molecule has 0 bridgehead atoms. The molecular weight excluding hydrogens is 399 g/mol. The molecule has 1 aliphatic rings.